The van der Waals surface area contributed by atoms with Crippen molar-refractivity contribution in [2.45, 2.75) is 59.3 Å². The van der Waals surface area contributed by atoms with E-state index in [0.29, 0.717) is 0 Å². The average molecular weight is 735 g/mol. The fourth-order valence-electron chi connectivity index (χ4n) is 7.86. The van der Waals surface area contributed by atoms with Gasteiger partial charge >= 0.3 is 0 Å². The Hall–Kier alpha value is -5.37. The topological polar surface area (TPSA) is 0 Å². The number of thioether (sulfide) groups is 1. The van der Waals surface area contributed by atoms with Crippen LogP contribution < -0.4 is 10.4 Å². The molecule has 0 N–H and O–H groups in total. The zero-order valence-electron chi connectivity index (χ0n) is 33.0. The molecule has 276 valence electrons. The van der Waals surface area contributed by atoms with Gasteiger partial charge in [0, 0.05) is 4.91 Å². The zero-order valence-corrected chi connectivity index (χ0v) is 33.8. The Bertz CT molecular complexity index is 2380. The lowest BCUT2D eigenvalue weighted by Crippen LogP contribution is -2.26. The van der Waals surface area contributed by atoms with Gasteiger partial charge in [0.15, 0.2) is 0 Å². The monoisotopic (exact) mass is 734 g/mol. The third-order valence-electron chi connectivity index (χ3n) is 10.5. The van der Waals surface area contributed by atoms with Gasteiger partial charge in [-0.15, -0.1) is 11.8 Å². The van der Waals surface area contributed by atoms with Gasteiger partial charge in [-0.3, -0.25) is 0 Å². The summed E-state index contributed by atoms with van der Waals surface area (Å²) in [6.45, 7) is 10.8. The first-order valence-electron chi connectivity index (χ1n) is 19.9. The highest BCUT2D eigenvalue weighted by molar-refractivity contribution is 8.02. The molecule has 4 aliphatic rings. The predicted molar refractivity (Wildman–Crippen MR) is 245 cm³/mol. The van der Waals surface area contributed by atoms with Gasteiger partial charge in [-0.25, -0.2) is 0 Å². The third-order valence-corrected chi connectivity index (χ3v) is 11.4. The van der Waals surface area contributed by atoms with E-state index in [4.69, 9.17) is 0 Å². The van der Waals surface area contributed by atoms with Crippen molar-refractivity contribution in [3.63, 3.8) is 0 Å². The van der Waals surface area contributed by atoms with Crippen LogP contribution in [0.3, 0.4) is 0 Å². The van der Waals surface area contributed by atoms with Crippen molar-refractivity contribution in [2.24, 2.45) is 0 Å². The van der Waals surface area contributed by atoms with Crippen molar-refractivity contribution in [1.29, 1.82) is 0 Å². The average Bonchev–Trinajstić information content (AvgIpc) is 3.77. The van der Waals surface area contributed by atoms with Gasteiger partial charge in [-0.05, 0) is 123 Å². The van der Waals surface area contributed by atoms with Crippen LogP contribution in [0.25, 0.3) is 23.3 Å². The van der Waals surface area contributed by atoms with Crippen LogP contribution in [0.1, 0.15) is 67.9 Å². The molecule has 0 radical (unpaired) electrons. The van der Waals surface area contributed by atoms with E-state index in [1.54, 1.807) is 0 Å². The smallest absolute Gasteiger partial charge is 0.0104 e. The van der Waals surface area contributed by atoms with Crippen LogP contribution in [-0.2, 0) is 19.3 Å². The van der Waals surface area contributed by atoms with Crippen molar-refractivity contribution >= 4 is 35.1 Å². The highest BCUT2D eigenvalue weighted by atomic mass is 32.2. The third kappa shape index (κ3) is 9.30. The van der Waals surface area contributed by atoms with Crippen LogP contribution in [-0.4, -0.2) is 6.26 Å². The van der Waals surface area contributed by atoms with Crippen LogP contribution in [0.15, 0.2) is 197 Å². The second kappa shape index (κ2) is 19.8. The molecule has 0 heterocycles. The van der Waals surface area contributed by atoms with Crippen LogP contribution >= 0.6 is 11.8 Å². The molecule has 4 aliphatic carbocycles. The van der Waals surface area contributed by atoms with E-state index in [1.807, 2.05) is 25.6 Å². The van der Waals surface area contributed by atoms with Crippen LogP contribution in [0.2, 0.25) is 0 Å². The normalized spacial score (nSPS) is 16.6. The minimum Gasteiger partial charge on any atom is -0.129 e. The van der Waals surface area contributed by atoms with E-state index in [9.17, 15) is 0 Å². The van der Waals surface area contributed by atoms with E-state index >= 15 is 0 Å². The van der Waals surface area contributed by atoms with Crippen LogP contribution in [0.5, 0.6) is 0 Å². The summed E-state index contributed by atoms with van der Waals surface area (Å²) in [5, 5.41) is 2.55. The number of allylic oxidation sites excluding steroid dienone is 21. The number of hydrogen-bond donors (Lipinski definition) is 0. The van der Waals surface area contributed by atoms with Gasteiger partial charge in [0.05, 0.1) is 0 Å². The predicted octanol–water partition coefficient (Wildman–Crippen LogP) is 13.0. The molecule has 0 saturated carbocycles. The molecule has 0 aromatic heterocycles. The van der Waals surface area contributed by atoms with Crippen molar-refractivity contribution < 1.29 is 0 Å². The van der Waals surface area contributed by atoms with Crippen molar-refractivity contribution in [3.05, 3.63) is 235 Å². The molecule has 1 heteroatoms. The van der Waals surface area contributed by atoms with Gasteiger partial charge in [0.25, 0.3) is 0 Å². The number of benzene rings is 3. The van der Waals surface area contributed by atoms with E-state index in [-0.39, 0.29) is 0 Å². The van der Waals surface area contributed by atoms with Crippen LogP contribution in [0, 0.1) is 0 Å². The second-order valence-electron chi connectivity index (χ2n) is 13.7. The molecule has 0 spiro atoms. The molecule has 3 aromatic rings. The van der Waals surface area contributed by atoms with Gasteiger partial charge < -0.3 is 0 Å². The molecule has 0 fully saturated rings. The highest BCUT2D eigenvalue weighted by Gasteiger charge is 2.25. The largest absolute Gasteiger partial charge is 0.129 e. The van der Waals surface area contributed by atoms with Crippen molar-refractivity contribution in [1.82, 2.24) is 0 Å². The van der Waals surface area contributed by atoms with Gasteiger partial charge in [0.2, 0.25) is 0 Å². The number of fused-ring (bicyclic) bond motifs is 3. The first kappa shape index (κ1) is 39.3. The molecule has 3 aromatic carbocycles. The molecule has 0 nitrogen and oxygen atoms in total. The van der Waals surface area contributed by atoms with E-state index in [2.05, 4.69) is 190 Å². The molecule has 55 heavy (non-hydrogen) atoms. The number of hydrogen-bond acceptors (Lipinski definition) is 1. The Balaban J connectivity index is 0.00000253. The molecular formula is C54H54S. The minimum absolute atomic E-state index is 0.855. The minimum atomic E-state index is 0.855. The Kier molecular flexibility index (Phi) is 14.2. The molecule has 0 amide bonds. The Labute approximate surface area is 334 Å². The summed E-state index contributed by atoms with van der Waals surface area (Å²) in [7, 11) is 0. The Morgan fingerprint density at radius 3 is 2.40 bits per heavy atom. The van der Waals surface area contributed by atoms with E-state index in [1.165, 1.54) is 82.2 Å². The molecule has 0 aliphatic heterocycles. The lowest BCUT2D eigenvalue weighted by molar-refractivity contribution is 1.01. The molecular weight excluding hydrogens is 681 g/mol. The molecule has 0 unspecified atom stereocenters. The summed E-state index contributed by atoms with van der Waals surface area (Å²) in [6, 6.07) is 24.8. The molecule has 7 rings (SSSR count). The zero-order chi connectivity index (χ0) is 38.4. The molecule has 0 saturated heterocycles. The maximum absolute atomic E-state index is 4.56. The van der Waals surface area contributed by atoms with Crippen LogP contribution in [0.4, 0.5) is 0 Å². The highest BCUT2D eigenvalue weighted by Crippen LogP contribution is 2.42. The first-order chi connectivity index (χ1) is 27.2. The fourth-order valence-corrected chi connectivity index (χ4v) is 8.48. The second-order valence-corrected chi connectivity index (χ2v) is 14.6. The maximum Gasteiger partial charge on any atom is 0.0104 e. The van der Waals surface area contributed by atoms with E-state index in [0.717, 1.165) is 38.5 Å². The molecule has 0 atom stereocenters. The molecule has 0 bridgehead atoms. The maximum atomic E-state index is 4.56. The number of rotatable bonds is 10. The summed E-state index contributed by atoms with van der Waals surface area (Å²) in [4.78, 5) is 1.30. The first-order valence-corrected chi connectivity index (χ1v) is 21.1. The lowest BCUT2D eigenvalue weighted by atomic mass is 9.85. The van der Waals surface area contributed by atoms with Gasteiger partial charge in [0.1, 0.15) is 0 Å². The summed E-state index contributed by atoms with van der Waals surface area (Å²) in [5.41, 5.74) is 16.0. The van der Waals surface area contributed by atoms with Gasteiger partial charge in [-0.2, -0.15) is 0 Å². The summed E-state index contributed by atoms with van der Waals surface area (Å²) in [5.74, 6) is 0. The summed E-state index contributed by atoms with van der Waals surface area (Å²) >= 11 is 1.81. The quantitative estimate of drug-likeness (QED) is 0.187. The lowest BCUT2D eigenvalue weighted by Gasteiger charge is -2.19. The standard InChI is InChI=1S/C52H48S.C2H6/c1-4-38(21-19-34-51(53-3)41-25-9-6-7-10-26-41)35-50-44(36-42-29-20-28-39-22-11-8-12-30-46(39)42)37-43-27-15-17-32-48(43)52(45(50)5-2)49-33-18-14-24-40-23-13-16-31-47(40)49;1-2/h5-21,23-25,27-32,34-35H,2,4,22,26,33,36-37H2,1,3H3;1-2H3/b21-19+,38-35+,51-34-;. The van der Waals surface area contributed by atoms with Crippen molar-refractivity contribution in [2.75, 3.05) is 6.26 Å². The Morgan fingerprint density at radius 2 is 1.55 bits per heavy atom. The van der Waals surface area contributed by atoms with E-state index < -0.39 is 0 Å². The Morgan fingerprint density at radius 1 is 0.764 bits per heavy atom. The summed E-state index contributed by atoms with van der Waals surface area (Å²) in [6.07, 6.45) is 45.6. The van der Waals surface area contributed by atoms with Gasteiger partial charge in [-0.1, -0.05) is 197 Å². The SMILES string of the molecule is C=CC1=C(C2=c3ccccc3=CC=CC2)c2ccccc2CC(Cc2cccc3c2C=CC=CC3)=C1/C=C(/C=C/C=C(\SC)C1=CC=CC=CC1)CC.CC. The van der Waals surface area contributed by atoms with Crippen molar-refractivity contribution in [3.8, 4) is 0 Å². The summed E-state index contributed by atoms with van der Waals surface area (Å²) < 4.78 is 0. The fraction of sp³-hybridized carbons (Fsp3) is 0.185.